The summed E-state index contributed by atoms with van der Waals surface area (Å²) < 4.78 is 5.50. The summed E-state index contributed by atoms with van der Waals surface area (Å²) >= 11 is 0. The molecule has 6 nitrogen and oxygen atoms in total. The van der Waals surface area contributed by atoms with Crippen molar-refractivity contribution in [1.82, 2.24) is 5.32 Å². The topological polar surface area (TPSA) is 95.9 Å². The highest BCUT2D eigenvalue weighted by molar-refractivity contribution is 5.76. The summed E-state index contributed by atoms with van der Waals surface area (Å²) in [4.78, 5) is 24.5. The van der Waals surface area contributed by atoms with Gasteiger partial charge in [0.05, 0.1) is 25.4 Å². The van der Waals surface area contributed by atoms with Crippen LogP contribution in [-0.4, -0.2) is 47.4 Å². The second-order valence-corrected chi connectivity index (χ2v) is 21.7. The molecule has 0 aliphatic rings. The van der Waals surface area contributed by atoms with Gasteiger partial charge in [-0.1, -0.05) is 301 Å². The molecule has 0 saturated heterocycles. The Bertz CT molecular complexity index is 1150. The Morgan fingerprint density at radius 1 is 0.394 bits per heavy atom. The summed E-state index contributed by atoms with van der Waals surface area (Å²) in [5.74, 6) is -0.0572. The van der Waals surface area contributed by atoms with E-state index in [2.05, 4.69) is 43.5 Å². The number of esters is 1. The molecule has 0 rings (SSSR count). The summed E-state index contributed by atoms with van der Waals surface area (Å²) in [5, 5.41) is 23.0. The number of nitrogens with one attached hydrogen (secondary N) is 1. The lowest BCUT2D eigenvalue weighted by Gasteiger charge is -2.20. The molecule has 71 heavy (non-hydrogen) atoms. The maximum atomic E-state index is 12.4. The minimum atomic E-state index is -0.840. The highest BCUT2D eigenvalue weighted by atomic mass is 16.5. The predicted octanol–water partition coefficient (Wildman–Crippen LogP) is 20.0. The fraction of sp³-hybridized carbons (Fsp3) is 0.877. The maximum Gasteiger partial charge on any atom is 0.305 e. The Morgan fingerprint density at radius 2 is 0.704 bits per heavy atom. The molecule has 0 heterocycles. The van der Waals surface area contributed by atoms with E-state index in [0.717, 1.165) is 51.4 Å². The molecule has 0 aromatic rings. The number of ether oxygens (including phenoxy) is 1. The van der Waals surface area contributed by atoms with Gasteiger partial charge in [0.1, 0.15) is 0 Å². The van der Waals surface area contributed by atoms with Crippen LogP contribution < -0.4 is 5.32 Å². The lowest BCUT2D eigenvalue weighted by molar-refractivity contribution is -0.143. The molecule has 0 saturated carbocycles. The zero-order valence-corrected chi connectivity index (χ0v) is 47.7. The van der Waals surface area contributed by atoms with Crippen LogP contribution in [0.2, 0.25) is 0 Å². The molecule has 0 fully saturated rings. The fourth-order valence-corrected chi connectivity index (χ4v) is 9.78. The molecule has 6 heteroatoms. The van der Waals surface area contributed by atoms with Crippen LogP contribution in [0.4, 0.5) is 0 Å². The van der Waals surface area contributed by atoms with Crippen molar-refractivity contribution in [2.45, 2.75) is 353 Å². The number of hydrogen-bond donors (Lipinski definition) is 3. The van der Waals surface area contributed by atoms with E-state index >= 15 is 0 Å². The number of carbonyl (C=O) groups is 2. The largest absolute Gasteiger partial charge is 0.466 e. The molecule has 0 radical (unpaired) electrons. The van der Waals surface area contributed by atoms with E-state index in [1.807, 2.05) is 6.08 Å². The summed E-state index contributed by atoms with van der Waals surface area (Å²) in [6, 6.07) is -0.623. The Morgan fingerprint density at radius 3 is 1.08 bits per heavy atom. The number of carbonyl (C=O) groups excluding carboxylic acids is 2. The smallest absolute Gasteiger partial charge is 0.305 e. The molecule has 418 valence electrons. The van der Waals surface area contributed by atoms with Crippen LogP contribution in [0.15, 0.2) is 36.5 Å². The van der Waals surface area contributed by atoms with Gasteiger partial charge in [0, 0.05) is 12.8 Å². The first-order chi connectivity index (χ1) is 35.0. The van der Waals surface area contributed by atoms with Crippen molar-refractivity contribution in [3.05, 3.63) is 36.5 Å². The normalized spacial score (nSPS) is 12.8. The third kappa shape index (κ3) is 57.2. The number of aliphatic hydroxyl groups excluding tert-OH is 2. The van der Waals surface area contributed by atoms with Gasteiger partial charge in [-0.25, -0.2) is 0 Å². The zero-order chi connectivity index (χ0) is 51.4. The van der Waals surface area contributed by atoms with Crippen LogP contribution in [0.1, 0.15) is 341 Å². The van der Waals surface area contributed by atoms with Crippen molar-refractivity contribution >= 4 is 11.9 Å². The van der Waals surface area contributed by atoms with Crippen LogP contribution in [0.3, 0.4) is 0 Å². The molecular weight excluding hydrogens is 875 g/mol. The second kappa shape index (κ2) is 60.6. The minimum absolute atomic E-state index is 0.0102. The van der Waals surface area contributed by atoms with Gasteiger partial charge in [-0.15, -0.1) is 0 Å². The number of hydrogen-bond acceptors (Lipinski definition) is 5. The molecule has 0 spiro atoms. The van der Waals surface area contributed by atoms with Crippen molar-refractivity contribution in [2.75, 3.05) is 13.2 Å². The number of allylic oxidation sites excluding steroid dienone is 5. The number of aliphatic hydroxyl groups is 2. The van der Waals surface area contributed by atoms with Crippen molar-refractivity contribution in [3.63, 3.8) is 0 Å². The second-order valence-electron chi connectivity index (χ2n) is 21.7. The molecule has 0 aliphatic carbocycles. The molecular formula is C65H123NO5. The molecule has 0 aliphatic heterocycles. The molecule has 2 unspecified atom stereocenters. The molecule has 2 atom stereocenters. The Labute approximate surface area is 443 Å². The maximum absolute atomic E-state index is 12.4. The molecule has 0 bridgehead atoms. The van der Waals surface area contributed by atoms with Crippen molar-refractivity contribution in [2.24, 2.45) is 0 Å². The summed E-state index contributed by atoms with van der Waals surface area (Å²) in [6.07, 6.45) is 76.4. The van der Waals surface area contributed by atoms with Gasteiger partial charge < -0.3 is 20.3 Å². The van der Waals surface area contributed by atoms with E-state index in [9.17, 15) is 19.8 Å². The van der Waals surface area contributed by atoms with Crippen LogP contribution in [0, 0.1) is 0 Å². The van der Waals surface area contributed by atoms with Crippen LogP contribution in [0.5, 0.6) is 0 Å². The van der Waals surface area contributed by atoms with E-state index in [1.165, 1.54) is 263 Å². The van der Waals surface area contributed by atoms with Crippen molar-refractivity contribution in [1.29, 1.82) is 0 Å². The Hall–Kier alpha value is -1.92. The fourth-order valence-electron chi connectivity index (χ4n) is 9.78. The molecule has 0 aromatic carbocycles. The minimum Gasteiger partial charge on any atom is -0.466 e. The first kappa shape index (κ1) is 69.1. The molecule has 3 N–H and O–H groups in total. The van der Waals surface area contributed by atoms with E-state index in [0.29, 0.717) is 19.4 Å². The molecule has 0 aromatic heterocycles. The number of unbranched alkanes of at least 4 members (excludes halogenated alkanes) is 44. The first-order valence-corrected chi connectivity index (χ1v) is 31.8. The number of amides is 1. The van der Waals surface area contributed by atoms with Gasteiger partial charge in [-0.2, -0.15) is 0 Å². The predicted molar refractivity (Wildman–Crippen MR) is 310 cm³/mol. The van der Waals surface area contributed by atoms with Gasteiger partial charge >= 0.3 is 5.97 Å². The zero-order valence-electron chi connectivity index (χ0n) is 47.7. The number of rotatable bonds is 59. The van der Waals surface area contributed by atoms with Crippen molar-refractivity contribution < 1.29 is 24.5 Å². The van der Waals surface area contributed by atoms with Crippen LogP contribution in [0.25, 0.3) is 0 Å². The summed E-state index contributed by atoms with van der Waals surface area (Å²) in [5.41, 5.74) is 0. The summed E-state index contributed by atoms with van der Waals surface area (Å²) in [6.45, 7) is 4.87. The van der Waals surface area contributed by atoms with Crippen LogP contribution in [-0.2, 0) is 14.3 Å². The average Bonchev–Trinajstić information content (AvgIpc) is 3.37. The Kier molecular flexibility index (Phi) is 59.0. The highest BCUT2D eigenvalue weighted by Crippen LogP contribution is 2.18. The van der Waals surface area contributed by atoms with E-state index < -0.39 is 12.1 Å². The monoisotopic (exact) mass is 998 g/mol. The summed E-state index contributed by atoms with van der Waals surface area (Å²) in [7, 11) is 0. The SMILES string of the molecule is CCCCCC/C=C\C/C=C\CCCCCCCCCC(=O)OCCCCCCCCCCCCCCCCCCCCCCCCCCCCCC(=O)NC(CO)C(O)/C=C/CCCCCCCCC. The van der Waals surface area contributed by atoms with Crippen LogP contribution >= 0.6 is 0 Å². The van der Waals surface area contributed by atoms with Gasteiger partial charge in [0.15, 0.2) is 0 Å². The Balaban J connectivity index is 3.33. The lowest BCUT2D eigenvalue weighted by Crippen LogP contribution is -2.45. The van der Waals surface area contributed by atoms with E-state index in [4.69, 9.17) is 4.74 Å². The van der Waals surface area contributed by atoms with E-state index in [-0.39, 0.29) is 18.5 Å². The van der Waals surface area contributed by atoms with Crippen molar-refractivity contribution in [3.8, 4) is 0 Å². The van der Waals surface area contributed by atoms with Gasteiger partial charge in [-0.05, 0) is 64.2 Å². The molecule has 1 amide bonds. The van der Waals surface area contributed by atoms with E-state index in [1.54, 1.807) is 6.08 Å². The van der Waals surface area contributed by atoms with Gasteiger partial charge in [0.25, 0.3) is 0 Å². The lowest BCUT2D eigenvalue weighted by atomic mass is 10.0. The van der Waals surface area contributed by atoms with Gasteiger partial charge in [0.2, 0.25) is 5.91 Å². The third-order valence-corrected chi connectivity index (χ3v) is 14.7. The average molecular weight is 999 g/mol. The highest BCUT2D eigenvalue weighted by Gasteiger charge is 2.18. The third-order valence-electron chi connectivity index (χ3n) is 14.7. The van der Waals surface area contributed by atoms with Gasteiger partial charge in [-0.3, -0.25) is 9.59 Å². The quantitative estimate of drug-likeness (QED) is 0.0321. The standard InChI is InChI=1S/C65H123NO5/c1-3-5-7-9-11-13-14-15-16-17-30-33-36-39-43-47-51-55-59-65(70)71-60-56-52-48-44-40-37-34-31-28-26-24-22-20-18-19-21-23-25-27-29-32-35-38-42-46-50-54-58-64(69)66-62(61-67)63(68)57-53-49-45-41-12-10-8-6-4-2/h13-14,16-17,53,57,62-63,67-68H,3-12,15,18-52,54-56,58-61H2,1-2H3,(H,66,69)/b14-13-,17-16-,57-53+. The first-order valence-electron chi connectivity index (χ1n) is 31.8.